The van der Waals surface area contributed by atoms with Crippen molar-refractivity contribution in [1.82, 2.24) is 0 Å². The molecule has 0 radical (unpaired) electrons. The number of carbonyl (C=O) groups is 2. The average Bonchev–Trinajstić information content (AvgIpc) is 2.61. The molecule has 1 atom stereocenters. The van der Waals surface area contributed by atoms with E-state index in [0.29, 0.717) is 5.56 Å². The number of aryl methyl sites for hydroxylation is 2. The molecule has 2 rings (SSSR count). The first-order chi connectivity index (χ1) is 12.7. The van der Waals surface area contributed by atoms with Crippen molar-refractivity contribution in [2.75, 3.05) is 12.4 Å². The molecule has 0 fully saturated rings. The van der Waals surface area contributed by atoms with Crippen LogP contribution in [0.25, 0.3) is 0 Å². The summed E-state index contributed by atoms with van der Waals surface area (Å²) in [5.41, 5.74) is 2.03. The lowest BCUT2D eigenvalue weighted by atomic mass is 10.1. The Morgan fingerprint density at radius 3 is 2.44 bits per heavy atom. The van der Waals surface area contributed by atoms with Crippen LogP contribution < -0.4 is 10.1 Å². The number of carbonyl (C=O) groups excluding carboxylic acids is 2. The van der Waals surface area contributed by atoms with Gasteiger partial charge in [-0.2, -0.15) is 0 Å². The number of esters is 1. The average molecular weight is 372 g/mol. The maximum absolute atomic E-state index is 12.4. The number of amides is 1. The quantitative estimate of drug-likeness (QED) is 0.473. The molecule has 0 aromatic heterocycles. The van der Waals surface area contributed by atoms with Gasteiger partial charge in [-0.05, 0) is 38.5 Å². The fraction of sp³-hybridized carbons (Fsp3) is 0.263. The molecule has 0 spiro atoms. The number of nitro benzene ring substituents is 1. The lowest BCUT2D eigenvalue weighted by Gasteiger charge is -2.16. The zero-order valence-corrected chi connectivity index (χ0v) is 15.4. The van der Waals surface area contributed by atoms with Crippen molar-refractivity contribution in [3.8, 4) is 5.75 Å². The second-order valence-electron chi connectivity index (χ2n) is 6.00. The van der Waals surface area contributed by atoms with Gasteiger partial charge in [-0.15, -0.1) is 0 Å². The van der Waals surface area contributed by atoms with Gasteiger partial charge < -0.3 is 14.8 Å². The van der Waals surface area contributed by atoms with Crippen LogP contribution in [0.3, 0.4) is 0 Å². The van der Waals surface area contributed by atoms with Gasteiger partial charge in [0.2, 0.25) is 0 Å². The van der Waals surface area contributed by atoms with E-state index in [9.17, 15) is 19.7 Å². The lowest BCUT2D eigenvalue weighted by molar-refractivity contribution is -0.384. The van der Waals surface area contributed by atoms with Crippen molar-refractivity contribution >= 4 is 23.3 Å². The van der Waals surface area contributed by atoms with Crippen LogP contribution in [-0.4, -0.2) is 30.0 Å². The van der Waals surface area contributed by atoms with Gasteiger partial charge in [0, 0.05) is 12.1 Å². The van der Waals surface area contributed by atoms with Gasteiger partial charge in [0.05, 0.1) is 23.3 Å². The van der Waals surface area contributed by atoms with Gasteiger partial charge in [0.25, 0.3) is 11.6 Å². The highest BCUT2D eigenvalue weighted by Crippen LogP contribution is 2.29. The molecule has 0 aliphatic heterocycles. The van der Waals surface area contributed by atoms with Crippen LogP contribution in [0.4, 0.5) is 11.4 Å². The molecular weight excluding hydrogens is 352 g/mol. The van der Waals surface area contributed by atoms with E-state index in [-0.39, 0.29) is 17.1 Å². The van der Waals surface area contributed by atoms with Gasteiger partial charge in [0.15, 0.2) is 6.10 Å². The molecular formula is C19H20N2O6. The van der Waals surface area contributed by atoms with Gasteiger partial charge in [-0.25, -0.2) is 4.79 Å². The third kappa shape index (κ3) is 4.81. The molecule has 8 heteroatoms. The van der Waals surface area contributed by atoms with Crippen LogP contribution in [0.1, 0.15) is 28.4 Å². The van der Waals surface area contributed by atoms with E-state index >= 15 is 0 Å². The highest BCUT2D eigenvalue weighted by Gasteiger charge is 2.22. The zero-order chi connectivity index (χ0) is 20.1. The maximum Gasteiger partial charge on any atom is 0.339 e. The predicted molar refractivity (Wildman–Crippen MR) is 99.1 cm³/mol. The second-order valence-corrected chi connectivity index (χ2v) is 6.00. The first-order valence-electron chi connectivity index (χ1n) is 8.14. The van der Waals surface area contributed by atoms with Crippen molar-refractivity contribution in [3.05, 3.63) is 63.2 Å². The Labute approximate surface area is 156 Å². The summed E-state index contributed by atoms with van der Waals surface area (Å²) in [5.74, 6) is -1.00. The van der Waals surface area contributed by atoms with Gasteiger partial charge in [-0.3, -0.25) is 14.9 Å². The highest BCUT2D eigenvalue weighted by molar-refractivity contribution is 5.98. The fourth-order valence-corrected chi connectivity index (χ4v) is 2.46. The number of hydrogen-bond acceptors (Lipinski definition) is 6. The molecule has 0 saturated carbocycles. The molecule has 0 aliphatic carbocycles. The molecule has 0 bridgehead atoms. The van der Waals surface area contributed by atoms with E-state index in [1.54, 1.807) is 19.1 Å². The van der Waals surface area contributed by atoms with E-state index < -0.39 is 22.9 Å². The fourth-order valence-electron chi connectivity index (χ4n) is 2.46. The smallest absolute Gasteiger partial charge is 0.339 e. The third-order valence-corrected chi connectivity index (χ3v) is 3.91. The summed E-state index contributed by atoms with van der Waals surface area (Å²) in [6.07, 6.45) is -1.11. The summed E-state index contributed by atoms with van der Waals surface area (Å²) < 4.78 is 10.3. The molecule has 0 heterocycles. The Morgan fingerprint density at radius 1 is 1.15 bits per heavy atom. The summed E-state index contributed by atoms with van der Waals surface area (Å²) in [6, 6.07) is 9.08. The van der Waals surface area contributed by atoms with Crippen molar-refractivity contribution in [2.45, 2.75) is 26.9 Å². The third-order valence-electron chi connectivity index (χ3n) is 3.91. The summed E-state index contributed by atoms with van der Waals surface area (Å²) in [7, 11) is 1.38. The van der Waals surface area contributed by atoms with Crippen LogP contribution in [-0.2, 0) is 9.53 Å². The summed E-state index contributed by atoms with van der Waals surface area (Å²) >= 11 is 0. The van der Waals surface area contributed by atoms with E-state index in [1.165, 1.54) is 32.2 Å². The number of nitrogens with zero attached hydrogens (tertiary/aromatic N) is 1. The highest BCUT2D eigenvalue weighted by atomic mass is 16.6. The van der Waals surface area contributed by atoms with Crippen LogP contribution in [0.5, 0.6) is 5.75 Å². The predicted octanol–water partition coefficient (Wildman–Crippen LogP) is 3.40. The van der Waals surface area contributed by atoms with Gasteiger partial charge in [0.1, 0.15) is 5.75 Å². The first-order valence-corrected chi connectivity index (χ1v) is 8.14. The molecule has 142 valence electrons. The van der Waals surface area contributed by atoms with E-state index in [4.69, 9.17) is 9.47 Å². The van der Waals surface area contributed by atoms with Crippen LogP contribution in [0.15, 0.2) is 36.4 Å². The van der Waals surface area contributed by atoms with Crippen LogP contribution in [0.2, 0.25) is 0 Å². The number of nitro groups is 1. The molecule has 0 aliphatic rings. The van der Waals surface area contributed by atoms with Crippen molar-refractivity contribution in [2.24, 2.45) is 0 Å². The number of anilines is 1. The molecule has 2 aromatic carbocycles. The normalized spacial score (nSPS) is 11.4. The number of nitrogens with one attached hydrogen (secondary N) is 1. The minimum absolute atomic E-state index is 0.117. The number of non-ortho nitro benzene ring substituents is 1. The Balaban J connectivity index is 2.12. The van der Waals surface area contributed by atoms with E-state index in [0.717, 1.165) is 11.1 Å². The molecule has 1 N–H and O–H groups in total. The number of methoxy groups -OCH3 is 1. The second kappa shape index (κ2) is 8.31. The minimum atomic E-state index is -1.11. The first kappa shape index (κ1) is 19.9. The number of benzene rings is 2. The molecule has 1 amide bonds. The topological polar surface area (TPSA) is 108 Å². The van der Waals surface area contributed by atoms with Crippen molar-refractivity contribution < 1.29 is 24.0 Å². The number of ether oxygens (including phenoxy) is 2. The molecule has 8 nitrogen and oxygen atoms in total. The van der Waals surface area contributed by atoms with Gasteiger partial charge >= 0.3 is 5.97 Å². The monoisotopic (exact) mass is 372 g/mol. The van der Waals surface area contributed by atoms with Crippen LogP contribution in [0, 0.1) is 24.0 Å². The molecule has 0 saturated heterocycles. The maximum atomic E-state index is 12.4. The summed E-state index contributed by atoms with van der Waals surface area (Å²) in [4.78, 5) is 35.0. The molecule has 27 heavy (non-hydrogen) atoms. The zero-order valence-electron chi connectivity index (χ0n) is 15.4. The Bertz CT molecular complexity index is 894. The SMILES string of the molecule is COc1ccc([N+](=O)[O-])cc1NC(=O)[C@@H](C)OC(=O)c1ccc(C)cc1C. The summed E-state index contributed by atoms with van der Waals surface area (Å²) in [5, 5.41) is 13.4. The van der Waals surface area contributed by atoms with Crippen LogP contribution >= 0.6 is 0 Å². The van der Waals surface area contributed by atoms with E-state index in [2.05, 4.69) is 5.32 Å². The standard InChI is InChI=1S/C19H20N2O6/c1-11-5-7-15(12(2)9-11)19(23)27-13(3)18(22)20-16-10-14(21(24)25)6-8-17(16)26-4/h5-10,13H,1-4H3,(H,20,22)/t13-/m1/s1. The molecule has 2 aromatic rings. The largest absolute Gasteiger partial charge is 0.495 e. The Kier molecular flexibility index (Phi) is 6.12. The minimum Gasteiger partial charge on any atom is -0.495 e. The number of rotatable bonds is 6. The summed E-state index contributed by atoms with van der Waals surface area (Å²) in [6.45, 7) is 5.10. The Hall–Kier alpha value is -3.42. The van der Waals surface area contributed by atoms with Crippen molar-refractivity contribution in [1.29, 1.82) is 0 Å². The Morgan fingerprint density at radius 2 is 1.85 bits per heavy atom. The number of hydrogen-bond donors (Lipinski definition) is 1. The van der Waals surface area contributed by atoms with E-state index in [1.807, 2.05) is 13.0 Å². The van der Waals surface area contributed by atoms with Crippen molar-refractivity contribution in [3.63, 3.8) is 0 Å². The lowest BCUT2D eigenvalue weighted by Crippen LogP contribution is -2.30. The molecule has 0 unspecified atom stereocenters. The van der Waals surface area contributed by atoms with Gasteiger partial charge in [-0.1, -0.05) is 17.7 Å².